The Labute approximate surface area is 166 Å². The monoisotopic (exact) mass is 384 g/mol. The summed E-state index contributed by atoms with van der Waals surface area (Å²) in [6.45, 7) is 0.280. The molecule has 0 fully saturated rings. The zero-order valence-corrected chi connectivity index (χ0v) is 15.3. The molecule has 0 unspecified atom stereocenters. The maximum atomic E-state index is 12.7. The van der Waals surface area contributed by atoms with Crippen LogP contribution in [0.2, 0.25) is 0 Å². The van der Waals surface area contributed by atoms with E-state index in [9.17, 15) is 9.59 Å². The van der Waals surface area contributed by atoms with Gasteiger partial charge in [-0.05, 0) is 29.2 Å². The molecule has 2 aromatic carbocycles. The highest BCUT2D eigenvalue weighted by atomic mass is 16.4. The molecule has 0 amide bonds. The van der Waals surface area contributed by atoms with Gasteiger partial charge < -0.3 is 9.52 Å². The van der Waals surface area contributed by atoms with Gasteiger partial charge in [0.05, 0.1) is 12.1 Å². The fourth-order valence-corrected chi connectivity index (χ4v) is 2.91. The van der Waals surface area contributed by atoms with Crippen molar-refractivity contribution in [1.29, 1.82) is 0 Å². The fourth-order valence-electron chi connectivity index (χ4n) is 2.91. The number of aromatic nitrogens is 2. The summed E-state index contributed by atoms with van der Waals surface area (Å²) < 4.78 is 7.02. The van der Waals surface area contributed by atoms with E-state index in [0.29, 0.717) is 17.6 Å². The van der Waals surface area contributed by atoms with E-state index in [-0.39, 0.29) is 23.4 Å². The Balaban J connectivity index is 1.56. The highest BCUT2D eigenvalue weighted by molar-refractivity contribution is 5.87. The van der Waals surface area contributed by atoms with Crippen LogP contribution in [0.5, 0.6) is 0 Å². The molecule has 6 nitrogen and oxygen atoms in total. The molecule has 0 radical (unpaired) electrons. The average Bonchev–Trinajstić information content (AvgIpc) is 3.15. The Morgan fingerprint density at radius 3 is 2.55 bits per heavy atom. The third-order valence-electron chi connectivity index (χ3n) is 4.42. The van der Waals surface area contributed by atoms with E-state index in [4.69, 9.17) is 9.52 Å². The number of hydrogen-bond donors (Lipinski definition) is 1. The van der Waals surface area contributed by atoms with Gasteiger partial charge in [0.1, 0.15) is 11.7 Å². The summed E-state index contributed by atoms with van der Waals surface area (Å²) in [5.41, 5.74) is 2.10. The summed E-state index contributed by atoms with van der Waals surface area (Å²) in [6.07, 6.45) is 2.00. The highest BCUT2D eigenvalue weighted by Gasteiger charge is 2.10. The molecule has 0 saturated carbocycles. The highest BCUT2D eigenvalue weighted by Crippen LogP contribution is 2.13. The van der Waals surface area contributed by atoms with Crippen molar-refractivity contribution in [1.82, 2.24) is 9.55 Å². The summed E-state index contributed by atoms with van der Waals surface area (Å²) in [5.74, 6) is 5.38. The van der Waals surface area contributed by atoms with Crippen LogP contribution in [0.1, 0.15) is 27.2 Å². The summed E-state index contributed by atoms with van der Waals surface area (Å²) in [5, 5.41) is 9.33. The molecule has 1 N–H and O–H groups in total. The summed E-state index contributed by atoms with van der Waals surface area (Å²) in [4.78, 5) is 27.9. The Bertz CT molecular complexity index is 1290. The van der Waals surface area contributed by atoms with E-state index in [1.54, 1.807) is 18.2 Å². The van der Waals surface area contributed by atoms with E-state index in [0.717, 1.165) is 11.1 Å². The molecule has 2 heterocycles. The number of rotatable bonds is 4. The minimum Gasteiger partial charge on any atom is -0.478 e. The second-order valence-corrected chi connectivity index (χ2v) is 6.47. The van der Waals surface area contributed by atoms with E-state index in [1.807, 2.05) is 30.3 Å². The van der Waals surface area contributed by atoms with Crippen molar-refractivity contribution < 1.29 is 14.3 Å². The Kier molecular flexibility index (Phi) is 4.95. The molecule has 0 bridgehead atoms. The number of carbonyl (C=O) groups is 1. The normalized spacial score (nSPS) is 10.5. The first kappa shape index (κ1) is 18.3. The lowest BCUT2D eigenvalue weighted by molar-refractivity contribution is 0.0697. The summed E-state index contributed by atoms with van der Waals surface area (Å²) in [7, 11) is 0. The van der Waals surface area contributed by atoms with Crippen molar-refractivity contribution in [3.63, 3.8) is 0 Å². The van der Waals surface area contributed by atoms with Gasteiger partial charge in [0.15, 0.2) is 5.76 Å². The number of hydrogen-bond acceptors (Lipinski definition) is 4. The number of aromatic carboxylic acids is 1. The van der Waals surface area contributed by atoms with Gasteiger partial charge in [0.25, 0.3) is 5.56 Å². The van der Waals surface area contributed by atoms with E-state index in [2.05, 4.69) is 16.8 Å². The quantitative estimate of drug-likeness (QED) is 0.546. The van der Waals surface area contributed by atoms with Crippen molar-refractivity contribution in [2.24, 2.45) is 0 Å². The lowest BCUT2D eigenvalue weighted by atomic mass is 10.1. The van der Waals surface area contributed by atoms with Crippen LogP contribution in [0, 0.1) is 11.8 Å². The number of fused-ring (bicyclic) bond motifs is 1. The van der Waals surface area contributed by atoms with Crippen LogP contribution in [-0.4, -0.2) is 20.6 Å². The largest absolute Gasteiger partial charge is 0.478 e. The number of benzene rings is 2. The third-order valence-corrected chi connectivity index (χ3v) is 4.42. The second-order valence-electron chi connectivity index (χ2n) is 6.47. The molecule has 0 aliphatic heterocycles. The van der Waals surface area contributed by atoms with E-state index in [1.165, 1.54) is 23.0 Å². The van der Waals surface area contributed by atoms with Crippen LogP contribution >= 0.6 is 0 Å². The van der Waals surface area contributed by atoms with Gasteiger partial charge in [0, 0.05) is 12.5 Å². The van der Waals surface area contributed by atoms with Crippen LogP contribution in [0.3, 0.4) is 0 Å². The zero-order valence-electron chi connectivity index (χ0n) is 15.3. The van der Waals surface area contributed by atoms with Gasteiger partial charge in [-0.25, -0.2) is 9.78 Å². The number of furan rings is 1. The molecular formula is C23H16N2O4. The van der Waals surface area contributed by atoms with Gasteiger partial charge in [-0.15, -0.1) is 0 Å². The van der Waals surface area contributed by atoms with Crippen molar-refractivity contribution in [3.05, 3.63) is 99.8 Å². The van der Waals surface area contributed by atoms with Crippen molar-refractivity contribution in [3.8, 4) is 11.8 Å². The third kappa shape index (κ3) is 4.09. The average molecular weight is 384 g/mol. The van der Waals surface area contributed by atoms with E-state index >= 15 is 0 Å². The maximum Gasteiger partial charge on any atom is 0.335 e. The van der Waals surface area contributed by atoms with Crippen LogP contribution in [0.15, 0.2) is 76.2 Å². The fraction of sp³-hybridized carbons (Fsp3) is 0.0870. The van der Waals surface area contributed by atoms with Crippen LogP contribution in [0.4, 0.5) is 0 Å². The van der Waals surface area contributed by atoms with Gasteiger partial charge in [-0.3, -0.25) is 9.36 Å². The standard InChI is InChI=1S/C23H16N2O4/c26-22-20-13-19(8-4-7-16-5-2-1-3-6-16)29-21(20)24-15-25(22)14-17-9-11-18(12-10-17)23(27)28/h1-3,5-6,9-13,15H,7,14H2,(H,27,28). The van der Waals surface area contributed by atoms with Gasteiger partial charge in [-0.2, -0.15) is 0 Å². The van der Waals surface area contributed by atoms with Gasteiger partial charge in [0.2, 0.25) is 5.71 Å². The molecule has 142 valence electrons. The Morgan fingerprint density at radius 1 is 1.07 bits per heavy atom. The predicted octanol–water partition coefficient (Wildman–Crippen LogP) is 3.33. The summed E-state index contributed by atoms with van der Waals surface area (Å²) in [6, 6.07) is 17.8. The van der Waals surface area contributed by atoms with Crippen molar-refractivity contribution in [2.45, 2.75) is 13.0 Å². The lowest BCUT2D eigenvalue weighted by Gasteiger charge is -2.05. The molecule has 6 heteroatoms. The van der Waals surface area contributed by atoms with Crippen LogP contribution in [-0.2, 0) is 13.0 Å². The molecule has 0 aliphatic carbocycles. The van der Waals surface area contributed by atoms with Crippen LogP contribution in [0.25, 0.3) is 11.1 Å². The maximum absolute atomic E-state index is 12.7. The molecule has 0 saturated heterocycles. The predicted molar refractivity (Wildman–Crippen MR) is 108 cm³/mol. The molecule has 0 atom stereocenters. The zero-order chi connectivity index (χ0) is 20.2. The SMILES string of the molecule is O=C(O)c1ccc(Cn2cnc3oc(C#CCc4ccccc4)cc3c2=O)cc1. The van der Waals surface area contributed by atoms with E-state index < -0.39 is 5.97 Å². The summed E-state index contributed by atoms with van der Waals surface area (Å²) >= 11 is 0. The van der Waals surface area contributed by atoms with Gasteiger partial charge >= 0.3 is 5.97 Å². The first-order chi connectivity index (χ1) is 14.1. The number of carboxylic acid groups (broad SMARTS) is 1. The number of nitrogens with zero attached hydrogens (tertiary/aromatic N) is 2. The Morgan fingerprint density at radius 2 is 1.83 bits per heavy atom. The minimum absolute atomic E-state index is 0.197. The van der Waals surface area contributed by atoms with Crippen molar-refractivity contribution >= 4 is 17.1 Å². The smallest absolute Gasteiger partial charge is 0.335 e. The molecular weight excluding hydrogens is 368 g/mol. The van der Waals surface area contributed by atoms with Gasteiger partial charge in [-0.1, -0.05) is 48.4 Å². The molecule has 0 aliphatic rings. The molecule has 29 heavy (non-hydrogen) atoms. The van der Waals surface area contributed by atoms with Crippen LogP contribution < -0.4 is 5.56 Å². The molecule has 4 rings (SSSR count). The minimum atomic E-state index is -0.990. The molecule has 2 aromatic heterocycles. The topological polar surface area (TPSA) is 85.3 Å². The number of carboxylic acids is 1. The molecule has 4 aromatic rings. The lowest BCUT2D eigenvalue weighted by Crippen LogP contribution is -2.20. The molecule has 0 spiro atoms. The first-order valence-electron chi connectivity index (χ1n) is 8.94. The Hall–Kier alpha value is -4.11. The second kappa shape index (κ2) is 7.87. The van der Waals surface area contributed by atoms with Crippen molar-refractivity contribution in [2.75, 3.05) is 0 Å². The first-order valence-corrected chi connectivity index (χ1v) is 8.94.